The van der Waals surface area contributed by atoms with Crippen LogP contribution in [0.3, 0.4) is 0 Å². The summed E-state index contributed by atoms with van der Waals surface area (Å²) in [6.07, 6.45) is 1.39. The molecule has 0 radical (unpaired) electrons. The third-order valence-corrected chi connectivity index (χ3v) is 2.26. The third kappa shape index (κ3) is 5.27. The van der Waals surface area contributed by atoms with Crippen molar-refractivity contribution < 1.29 is 4.74 Å². The van der Waals surface area contributed by atoms with E-state index >= 15 is 0 Å². The highest BCUT2D eigenvalue weighted by molar-refractivity contribution is 4.74. The van der Waals surface area contributed by atoms with Gasteiger partial charge in [-0.1, -0.05) is 6.92 Å². The zero-order valence-electron chi connectivity index (χ0n) is 10.2. The van der Waals surface area contributed by atoms with E-state index in [0.29, 0.717) is 12.1 Å². The lowest BCUT2D eigenvalue weighted by Crippen LogP contribution is -2.41. The Morgan fingerprint density at radius 1 is 1.23 bits per heavy atom. The topological polar surface area (TPSA) is 12.5 Å². The highest BCUT2D eigenvalue weighted by Gasteiger charge is 2.23. The summed E-state index contributed by atoms with van der Waals surface area (Å²) in [5.41, 5.74) is -0.0368. The van der Waals surface area contributed by atoms with Crippen molar-refractivity contribution in [3.05, 3.63) is 0 Å². The van der Waals surface area contributed by atoms with Crippen molar-refractivity contribution in [3.8, 4) is 0 Å². The summed E-state index contributed by atoms with van der Waals surface area (Å²) in [4.78, 5) is 2.21. The van der Waals surface area contributed by atoms with Crippen LogP contribution in [-0.4, -0.2) is 36.7 Å². The summed E-state index contributed by atoms with van der Waals surface area (Å²) in [5.74, 6) is 0. The molecular weight excluding hydrogens is 162 g/mol. The Kier molecular flexibility index (Phi) is 4.93. The zero-order valence-corrected chi connectivity index (χ0v) is 10.2. The molecule has 0 amide bonds. The van der Waals surface area contributed by atoms with E-state index in [9.17, 15) is 0 Å². The Morgan fingerprint density at radius 3 is 1.92 bits per heavy atom. The number of hydrogen-bond acceptors (Lipinski definition) is 2. The molecule has 0 unspecified atom stereocenters. The van der Waals surface area contributed by atoms with Gasteiger partial charge in [-0.25, -0.2) is 0 Å². The second-order valence-electron chi connectivity index (χ2n) is 4.88. The van der Waals surface area contributed by atoms with Crippen molar-refractivity contribution in [2.24, 2.45) is 0 Å². The molecule has 0 fully saturated rings. The fourth-order valence-electron chi connectivity index (χ4n) is 1.31. The fourth-order valence-corrected chi connectivity index (χ4v) is 1.31. The van der Waals surface area contributed by atoms with Gasteiger partial charge >= 0.3 is 0 Å². The number of nitrogens with zero attached hydrogens (tertiary/aromatic N) is 1. The molecule has 0 bridgehead atoms. The minimum absolute atomic E-state index is 0.0368. The molecule has 0 spiro atoms. The van der Waals surface area contributed by atoms with Gasteiger partial charge < -0.3 is 9.64 Å². The van der Waals surface area contributed by atoms with Gasteiger partial charge in [0.15, 0.2) is 0 Å². The highest BCUT2D eigenvalue weighted by Crippen LogP contribution is 2.17. The molecule has 0 saturated carbocycles. The fraction of sp³-hybridized carbons (Fsp3) is 1.00. The van der Waals surface area contributed by atoms with Gasteiger partial charge in [0.2, 0.25) is 0 Å². The molecule has 2 nitrogen and oxygen atoms in total. The van der Waals surface area contributed by atoms with Crippen molar-refractivity contribution in [1.29, 1.82) is 0 Å². The van der Waals surface area contributed by atoms with E-state index in [2.05, 4.69) is 53.6 Å². The molecule has 0 aliphatic carbocycles. The second kappa shape index (κ2) is 4.97. The van der Waals surface area contributed by atoms with Gasteiger partial charge in [-0.15, -0.1) is 0 Å². The van der Waals surface area contributed by atoms with E-state index in [1.165, 1.54) is 0 Å². The molecule has 0 aromatic heterocycles. The van der Waals surface area contributed by atoms with E-state index in [1.807, 2.05) is 0 Å². The summed E-state index contributed by atoms with van der Waals surface area (Å²) in [5, 5.41) is 0. The number of ether oxygens (including phenoxy) is 1. The average molecular weight is 187 g/mol. The Balaban J connectivity index is 4.18. The maximum absolute atomic E-state index is 5.97. The zero-order chi connectivity index (χ0) is 10.6. The van der Waals surface area contributed by atoms with E-state index in [-0.39, 0.29) is 5.60 Å². The smallest absolute Gasteiger partial charge is 0.0731 e. The largest absolute Gasteiger partial charge is 0.371 e. The van der Waals surface area contributed by atoms with Crippen LogP contribution in [0.25, 0.3) is 0 Å². The summed E-state index contributed by atoms with van der Waals surface area (Å²) in [7, 11) is 4.19. The molecule has 0 aromatic carbocycles. The van der Waals surface area contributed by atoms with Crippen LogP contribution in [0.1, 0.15) is 41.0 Å². The molecule has 0 aromatic rings. The predicted octanol–water partition coefficient (Wildman–Crippen LogP) is 2.53. The summed E-state index contributed by atoms with van der Waals surface area (Å²) in [6.45, 7) is 10.7. The maximum Gasteiger partial charge on any atom is 0.0731 e. The number of rotatable bonds is 4. The van der Waals surface area contributed by atoms with Crippen molar-refractivity contribution in [2.75, 3.05) is 14.1 Å². The van der Waals surface area contributed by atoms with Gasteiger partial charge in [-0.3, -0.25) is 0 Å². The minimum atomic E-state index is -0.0368. The van der Waals surface area contributed by atoms with Crippen molar-refractivity contribution >= 4 is 0 Å². The standard InChI is InChI=1S/C11H25NO/c1-8-10(9(2)12(6)7)13-11(3,4)5/h9-10H,8H2,1-7H3/t9-,10+/m1/s1. The Bertz CT molecular complexity index is 138. The van der Waals surface area contributed by atoms with Crippen LogP contribution in [-0.2, 0) is 4.74 Å². The monoisotopic (exact) mass is 187 g/mol. The molecule has 0 aliphatic rings. The maximum atomic E-state index is 5.97. The van der Waals surface area contributed by atoms with Gasteiger partial charge in [-0.2, -0.15) is 0 Å². The second-order valence-corrected chi connectivity index (χ2v) is 4.88. The average Bonchev–Trinajstić information content (AvgIpc) is 1.97. The van der Waals surface area contributed by atoms with Gasteiger partial charge in [0.05, 0.1) is 11.7 Å². The van der Waals surface area contributed by atoms with E-state index in [0.717, 1.165) is 6.42 Å². The van der Waals surface area contributed by atoms with Crippen LogP contribution in [0.2, 0.25) is 0 Å². The highest BCUT2D eigenvalue weighted by atomic mass is 16.5. The van der Waals surface area contributed by atoms with Crippen molar-refractivity contribution in [2.45, 2.75) is 58.8 Å². The van der Waals surface area contributed by atoms with E-state index in [1.54, 1.807) is 0 Å². The molecular formula is C11H25NO. The first-order valence-electron chi connectivity index (χ1n) is 5.12. The normalized spacial score (nSPS) is 17.5. The molecule has 0 N–H and O–H groups in total. The van der Waals surface area contributed by atoms with Gasteiger partial charge in [0, 0.05) is 6.04 Å². The Morgan fingerprint density at radius 2 is 1.69 bits per heavy atom. The molecule has 0 heterocycles. The molecule has 0 saturated heterocycles. The summed E-state index contributed by atoms with van der Waals surface area (Å²) < 4.78 is 5.97. The first-order chi connectivity index (χ1) is 5.78. The molecule has 0 aliphatic heterocycles. The van der Waals surface area contributed by atoms with Crippen LogP contribution in [0, 0.1) is 0 Å². The van der Waals surface area contributed by atoms with Crippen LogP contribution < -0.4 is 0 Å². The van der Waals surface area contributed by atoms with Gasteiger partial charge in [-0.05, 0) is 48.2 Å². The first kappa shape index (κ1) is 12.9. The molecule has 2 atom stereocenters. The Labute approximate surface area is 83.3 Å². The van der Waals surface area contributed by atoms with Crippen molar-refractivity contribution in [3.63, 3.8) is 0 Å². The minimum Gasteiger partial charge on any atom is -0.371 e. The molecule has 0 rings (SSSR count). The predicted molar refractivity (Wildman–Crippen MR) is 58.1 cm³/mol. The lowest BCUT2D eigenvalue weighted by Gasteiger charge is -2.34. The third-order valence-electron chi connectivity index (χ3n) is 2.26. The first-order valence-corrected chi connectivity index (χ1v) is 5.12. The molecule has 2 heteroatoms. The van der Waals surface area contributed by atoms with Crippen LogP contribution in [0.4, 0.5) is 0 Å². The quantitative estimate of drug-likeness (QED) is 0.670. The van der Waals surface area contributed by atoms with E-state index in [4.69, 9.17) is 4.74 Å². The van der Waals surface area contributed by atoms with Crippen molar-refractivity contribution in [1.82, 2.24) is 4.90 Å². The summed E-state index contributed by atoms with van der Waals surface area (Å²) >= 11 is 0. The summed E-state index contributed by atoms with van der Waals surface area (Å²) in [6, 6.07) is 0.476. The lowest BCUT2D eigenvalue weighted by molar-refractivity contribution is -0.0874. The Hall–Kier alpha value is -0.0800. The van der Waals surface area contributed by atoms with Gasteiger partial charge in [0.25, 0.3) is 0 Å². The van der Waals surface area contributed by atoms with Crippen LogP contribution in [0.15, 0.2) is 0 Å². The van der Waals surface area contributed by atoms with Crippen LogP contribution in [0.5, 0.6) is 0 Å². The molecule has 13 heavy (non-hydrogen) atoms. The SMILES string of the molecule is CC[C@H](OC(C)(C)C)[C@@H](C)N(C)C. The molecule has 80 valence electrons. The van der Waals surface area contributed by atoms with Crippen LogP contribution >= 0.6 is 0 Å². The lowest BCUT2D eigenvalue weighted by atomic mass is 10.1. The van der Waals surface area contributed by atoms with Gasteiger partial charge in [0.1, 0.15) is 0 Å². The number of hydrogen-bond donors (Lipinski definition) is 0. The number of likely N-dealkylation sites (N-methyl/N-ethyl adjacent to an activating group) is 1. The van der Waals surface area contributed by atoms with E-state index < -0.39 is 0 Å².